The van der Waals surface area contributed by atoms with E-state index in [-0.39, 0.29) is 26.1 Å². The highest BCUT2D eigenvalue weighted by molar-refractivity contribution is 6.18. The maximum Gasteiger partial charge on any atom is 0.329 e. The van der Waals surface area contributed by atoms with Crippen molar-refractivity contribution in [3.63, 3.8) is 0 Å². The number of rotatable bonds is 15. The van der Waals surface area contributed by atoms with Crippen molar-refractivity contribution in [1.82, 2.24) is 0 Å². The van der Waals surface area contributed by atoms with E-state index >= 15 is 0 Å². The van der Waals surface area contributed by atoms with Crippen LogP contribution in [-0.4, -0.2) is 48.9 Å². The Balaban J connectivity index is 1.78. The van der Waals surface area contributed by atoms with Gasteiger partial charge in [0.05, 0.1) is 0 Å². The molecule has 0 saturated heterocycles. The van der Waals surface area contributed by atoms with Gasteiger partial charge in [0.15, 0.2) is 0 Å². The summed E-state index contributed by atoms with van der Waals surface area (Å²) in [6.07, 6.45) is -0.171. The first-order valence-electron chi connectivity index (χ1n) is 12.9. The zero-order valence-electron chi connectivity index (χ0n) is 22.1. The monoisotopic (exact) mass is 585 g/mol. The molecule has 0 heterocycles. The topological polar surface area (TPSA) is 102 Å². The quantitative estimate of drug-likeness (QED) is 0.187. The number of anilines is 2. The molecule has 8 nitrogen and oxygen atoms in total. The predicted octanol–water partition coefficient (Wildman–Crippen LogP) is 5.49. The minimum Gasteiger partial charge on any atom is -0.461 e. The van der Waals surface area contributed by atoms with E-state index in [1.165, 1.54) is 0 Å². The lowest BCUT2D eigenvalue weighted by Gasteiger charge is -2.30. The molecule has 0 bridgehead atoms. The molecule has 0 aliphatic carbocycles. The maximum absolute atomic E-state index is 13.3. The summed E-state index contributed by atoms with van der Waals surface area (Å²) in [6.45, 7) is 1.29. The number of hydrogen-bond acceptors (Lipinski definition) is 6. The van der Waals surface area contributed by atoms with Crippen molar-refractivity contribution < 1.29 is 23.9 Å². The molecule has 0 aliphatic rings. The molecule has 3 rings (SSSR count). The fourth-order valence-corrected chi connectivity index (χ4v) is 4.51. The molecule has 0 aliphatic heterocycles. The number of benzene rings is 3. The van der Waals surface area contributed by atoms with Crippen molar-refractivity contribution in [1.29, 1.82) is 0 Å². The van der Waals surface area contributed by atoms with Gasteiger partial charge in [0.1, 0.15) is 19.3 Å². The third-order valence-electron chi connectivity index (χ3n) is 6.11. The van der Waals surface area contributed by atoms with Gasteiger partial charge in [-0.1, -0.05) is 60.7 Å². The molecule has 0 unspecified atom stereocenters. The van der Waals surface area contributed by atoms with E-state index in [4.69, 9.17) is 38.4 Å². The van der Waals surface area contributed by atoms with E-state index in [0.717, 1.165) is 21.7 Å². The van der Waals surface area contributed by atoms with Gasteiger partial charge >= 0.3 is 18.0 Å². The Morgan fingerprint density at radius 3 is 1.73 bits per heavy atom. The summed E-state index contributed by atoms with van der Waals surface area (Å²) in [6, 6.07) is 23.4. The van der Waals surface area contributed by atoms with Crippen LogP contribution in [0.15, 0.2) is 84.9 Å². The Morgan fingerprint density at radius 1 is 0.725 bits per heavy atom. The summed E-state index contributed by atoms with van der Waals surface area (Å²) in [5.41, 5.74) is 8.62. The smallest absolute Gasteiger partial charge is 0.329 e. The van der Waals surface area contributed by atoms with Gasteiger partial charge in [-0.15, -0.1) is 23.2 Å². The van der Waals surface area contributed by atoms with Crippen LogP contribution in [0.2, 0.25) is 0 Å². The SMILES string of the molecule is NC(=O)N(c1ccc(N(CCCl)CCCl)cc1)[C@@H](CCC(=O)OCc1ccccc1)C(=O)OCc1ccccc1. The third-order valence-corrected chi connectivity index (χ3v) is 6.45. The molecule has 0 spiro atoms. The standard InChI is InChI=1S/C30H33Cl2N3O5/c31-17-19-34(20-18-32)25-11-13-26(14-12-25)35(30(33)38)27(29(37)40-22-24-9-5-2-6-10-24)15-16-28(36)39-21-23-7-3-1-4-8-23/h1-14,27H,15-22H2,(H2,33,38)/t27-/m0/s1. The summed E-state index contributed by atoms with van der Waals surface area (Å²) < 4.78 is 10.9. The number of alkyl halides is 2. The van der Waals surface area contributed by atoms with Crippen LogP contribution in [0.1, 0.15) is 24.0 Å². The van der Waals surface area contributed by atoms with Crippen molar-refractivity contribution in [2.45, 2.75) is 32.1 Å². The molecule has 40 heavy (non-hydrogen) atoms. The molecule has 0 aromatic heterocycles. The summed E-state index contributed by atoms with van der Waals surface area (Å²) in [7, 11) is 0. The molecule has 3 aromatic rings. The average Bonchev–Trinajstić information content (AvgIpc) is 2.98. The summed E-state index contributed by atoms with van der Waals surface area (Å²) in [5.74, 6) is -0.362. The number of carbonyl (C=O) groups excluding carboxylic acids is 3. The van der Waals surface area contributed by atoms with Crippen molar-refractivity contribution in [2.24, 2.45) is 5.73 Å². The normalized spacial score (nSPS) is 11.3. The number of ether oxygens (including phenoxy) is 2. The van der Waals surface area contributed by atoms with Gasteiger partial charge in [-0.25, -0.2) is 9.59 Å². The molecule has 0 saturated carbocycles. The molecule has 2 N–H and O–H groups in total. The zero-order chi connectivity index (χ0) is 28.7. The second-order valence-corrected chi connectivity index (χ2v) is 9.64. The Kier molecular flexibility index (Phi) is 12.6. The minimum atomic E-state index is -1.15. The first-order valence-corrected chi connectivity index (χ1v) is 14.0. The van der Waals surface area contributed by atoms with Crippen LogP contribution in [-0.2, 0) is 32.3 Å². The Labute approximate surface area is 244 Å². The number of carbonyl (C=O) groups is 3. The van der Waals surface area contributed by atoms with Gasteiger partial charge in [-0.2, -0.15) is 0 Å². The van der Waals surface area contributed by atoms with E-state index in [1.807, 2.05) is 65.6 Å². The molecular formula is C30H33Cl2N3O5. The summed E-state index contributed by atoms with van der Waals surface area (Å²) in [4.78, 5) is 41.7. The van der Waals surface area contributed by atoms with Gasteiger partial charge in [-0.3, -0.25) is 9.69 Å². The number of primary amides is 1. The second-order valence-electron chi connectivity index (χ2n) is 8.88. The molecule has 0 radical (unpaired) electrons. The number of hydrogen-bond donors (Lipinski definition) is 1. The Morgan fingerprint density at radius 2 is 1.23 bits per heavy atom. The predicted molar refractivity (Wildman–Crippen MR) is 158 cm³/mol. The van der Waals surface area contributed by atoms with Gasteiger partial charge in [-0.05, 0) is 41.8 Å². The van der Waals surface area contributed by atoms with Crippen LogP contribution in [0.4, 0.5) is 16.2 Å². The number of halogens is 2. The molecule has 10 heteroatoms. The van der Waals surface area contributed by atoms with Crippen LogP contribution in [0.3, 0.4) is 0 Å². The van der Waals surface area contributed by atoms with E-state index in [2.05, 4.69) is 0 Å². The molecule has 3 aromatic carbocycles. The first-order chi connectivity index (χ1) is 19.4. The largest absolute Gasteiger partial charge is 0.461 e. The van der Waals surface area contributed by atoms with Crippen LogP contribution in [0.5, 0.6) is 0 Å². The van der Waals surface area contributed by atoms with Gasteiger partial charge < -0.3 is 20.1 Å². The van der Waals surface area contributed by atoms with Crippen LogP contribution in [0, 0.1) is 0 Å². The van der Waals surface area contributed by atoms with Crippen LogP contribution in [0.25, 0.3) is 0 Å². The lowest BCUT2D eigenvalue weighted by molar-refractivity contribution is -0.148. The van der Waals surface area contributed by atoms with Gasteiger partial charge in [0.2, 0.25) is 0 Å². The maximum atomic E-state index is 13.3. The molecule has 2 amide bonds. The molecule has 212 valence electrons. The van der Waals surface area contributed by atoms with Gasteiger partial charge in [0.25, 0.3) is 0 Å². The van der Waals surface area contributed by atoms with Crippen LogP contribution >= 0.6 is 23.2 Å². The fourth-order valence-electron chi connectivity index (χ4n) is 4.10. The lowest BCUT2D eigenvalue weighted by Crippen LogP contribution is -2.49. The van der Waals surface area contributed by atoms with Crippen molar-refractivity contribution in [2.75, 3.05) is 34.6 Å². The molecular weight excluding hydrogens is 553 g/mol. The minimum absolute atomic E-state index is 0.00593. The second kappa shape index (κ2) is 16.4. The molecule has 0 fully saturated rings. The summed E-state index contributed by atoms with van der Waals surface area (Å²) in [5, 5.41) is 0. The number of urea groups is 1. The number of nitrogens with two attached hydrogens (primary N) is 1. The highest BCUT2D eigenvalue weighted by Crippen LogP contribution is 2.25. The van der Waals surface area contributed by atoms with Crippen LogP contribution < -0.4 is 15.5 Å². The highest BCUT2D eigenvalue weighted by atomic mass is 35.5. The van der Waals surface area contributed by atoms with E-state index < -0.39 is 24.0 Å². The highest BCUT2D eigenvalue weighted by Gasteiger charge is 2.32. The van der Waals surface area contributed by atoms with Crippen molar-refractivity contribution in [3.05, 3.63) is 96.1 Å². The number of esters is 2. The Bertz CT molecular complexity index is 1210. The first kappa shape index (κ1) is 30.8. The van der Waals surface area contributed by atoms with E-state index in [9.17, 15) is 14.4 Å². The third kappa shape index (κ3) is 9.47. The number of amides is 2. The summed E-state index contributed by atoms with van der Waals surface area (Å²) >= 11 is 11.9. The molecule has 1 atom stereocenters. The fraction of sp³-hybridized carbons (Fsp3) is 0.300. The van der Waals surface area contributed by atoms with Crippen molar-refractivity contribution in [3.8, 4) is 0 Å². The van der Waals surface area contributed by atoms with Gasteiger partial charge in [0, 0.05) is 42.6 Å². The Hall–Kier alpha value is -3.75. The van der Waals surface area contributed by atoms with E-state index in [1.54, 1.807) is 24.3 Å². The van der Waals surface area contributed by atoms with E-state index in [0.29, 0.717) is 30.5 Å². The lowest BCUT2D eigenvalue weighted by atomic mass is 10.1. The van der Waals surface area contributed by atoms with Crippen molar-refractivity contribution >= 4 is 52.5 Å². The average molecular weight is 587 g/mol. The zero-order valence-corrected chi connectivity index (χ0v) is 23.6. The number of nitrogens with zero attached hydrogens (tertiary/aromatic N) is 2.